The summed E-state index contributed by atoms with van der Waals surface area (Å²) in [5.74, 6) is 0. The van der Waals surface area contributed by atoms with Crippen molar-refractivity contribution in [2.75, 3.05) is 18.9 Å². The normalized spacial score (nSPS) is 12.6. The van der Waals surface area contributed by atoms with Gasteiger partial charge in [-0.05, 0) is 59.8 Å². The zero-order valence-corrected chi connectivity index (χ0v) is 18.3. The highest BCUT2D eigenvalue weighted by molar-refractivity contribution is 8.55. The molecule has 144 valence electrons. The third-order valence-electron chi connectivity index (χ3n) is 3.88. The Balaban J connectivity index is 3.06. The average Bonchev–Trinajstić information content (AvgIpc) is 2.50. The maximum atomic E-state index is 13.2. The lowest BCUT2D eigenvalue weighted by atomic mass is 9.85. The van der Waals surface area contributed by atoms with E-state index < -0.39 is 6.80 Å². The summed E-state index contributed by atoms with van der Waals surface area (Å²) >= 11 is 1.20. The van der Waals surface area contributed by atoms with Crippen LogP contribution in [0.2, 0.25) is 0 Å². The first kappa shape index (κ1) is 22.6. The predicted octanol–water partition coefficient (Wildman–Crippen LogP) is 6.71. The SMILES string of the molecule is CCCCOP(=O)(OCCCC)Sc1cc(C)c(N)c(C(C)(C)C)c1. The van der Waals surface area contributed by atoms with E-state index >= 15 is 0 Å². The first-order valence-electron chi connectivity index (χ1n) is 9.12. The highest BCUT2D eigenvalue weighted by Crippen LogP contribution is 2.64. The Morgan fingerprint density at radius 2 is 1.60 bits per heavy atom. The zero-order chi connectivity index (χ0) is 19.1. The summed E-state index contributed by atoms with van der Waals surface area (Å²) in [6, 6.07) is 3.99. The predicted molar refractivity (Wildman–Crippen MR) is 109 cm³/mol. The van der Waals surface area contributed by atoms with Crippen molar-refractivity contribution < 1.29 is 13.6 Å². The fourth-order valence-corrected chi connectivity index (χ4v) is 5.70. The van der Waals surface area contributed by atoms with Crippen LogP contribution in [0, 0.1) is 6.92 Å². The molecule has 0 unspecified atom stereocenters. The van der Waals surface area contributed by atoms with Crippen molar-refractivity contribution in [3.63, 3.8) is 0 Å². The van der Waals surface area contributed by atoms with Crippen LogP contribution >= 0.6 is 18.2 Å². The molecule has 0 aliphatic rings. The maximum absolute atomic E-state index is 13.2. The van der Waals surface area contributed by atoms with Gasteiger partial charge in [-0.2, -0.15) is 0 Å². The van der Waals surface area contributed by atoms with Gasteiger partial charge in [-0.1, -0.05) is 47.5 Å². The topological polar surface area (TPSA) is 61.5 Å². The lowest BCUT2D eigenvalue weighted by Gasteiger charge is -2.24. The summed E-state index contributed by atoms with van der Waals surface area (Å²) in [6.45, 7) is 10.2. The van der Waals surface area contributed by atoms with E-state index in [1.807, 2.05) is 19.1 Å². The minimum Gasteiger partial charge on any atom is -0.398 e. The molecule has 2 N–H and O–H groups in total. The summed E-state index contributed by atoms with van der Waals surface area (Å²) in [4.78, 5) is 0.882. The average molecular weight is 388 g/mol. The molecule has 0 atom stereocenters. The molecule has 0 spiro atoms. The van der Waals surface area contributed by atoms with Crippen molar-refractivity contribution in [1.29, 1.82) is 0 Å². The Hall–Kier alpha value is -0.480. The Kier molecular flexibility index (Phi) is 9.03. The third kappa shape index (κ3) is 7.34. The Labute approximate surface area is 157 Å². The molecule has 4 nitrogen and oxygen atoms in total. The minimum atomic E-state index is -3.23. The van der Waals surface area contributed by atoms with Gasteiger partial charge in [0.1, 0.15) is 0 Å². The van der Waals surface area contributed by atoms with Gasteiger partial charge in [0.15, 0.2) is 0 Å². The molecule has 0 amide bonds. The molecule has 0 fully saturated rings. The number of rotatable bonds is 10. The molecule has 0 heterocycles. The van der Waals surface area contributed by atoms with Gasteiger partial charge >= 0.3 is 6.80 Å². The highest BCUT2D eigenvalue weighted by Gasteiger charge is 2.28. The molecule has 0 aromatic heterocycles. The lowest BCUT2D eigenvalue weighted by Crippen LogP contribution is -2.15. The van der Waals surface area contributed by atoms with Gasteiger partial charge in [0.05, 0.1) is 13.2 Å². The van der Waals surface area contributed by atoms with E-state index in [1.54, 1.807) is 0 Å². The van der Waals surface area contributed by atoms with Crippen molar-refractivity contribution in [3.8, 4) is 0 Å². The van der Waals surface area contributed by atoms with Crippen LogP contribution in [0.3, 0.4) is 0 Å². The number of hydrogen-bond donors (Lipinski definition) is 1. The van der Waals surface area contributed by atoms with Crippen molar-refractivity contribution in [3.05, 3.63) is 23.3 Å². The van der Waals surface area contributed by atoms with Crippen LogP contribution in [0.5, 0.6) is 0 Å². The van der Waals surface area contributed by atoms with E-state index in [2.05, 4.69) is 34.6 Å². The molecule has 0 bridgehead atoms. The molecule has 1 aromatic rings. The molecule has 1 rings (SSSR count). The second-order valence-corrected chi connectivity index (χ2v) is 11.3. The van der Waals surface area contributed by atoms with E-state index in [1.165, 1.54) is 11.4 Å². The summed E-state index contributed by atoms with van der Waals surface area (Å²) in [5.41, 5.74) is 9.02. The fraction of sp³-hybridized carbons (Fsp3) is 0.684. The number of hydrogen-bond acceptors (Lipinski definition) is 5. The molecule has 0 aliphatic carbocycles. The molecular weight excluding hydrogens is 353 g/mol. The van der Waals surface area contributed by atoms with E-state index in [0.29, 0.717) is 13.2 Å². The summed E-state index contributed by atoms with van der Waals surface area (Å²) < 4.78 is 24.5. The largest absolute Gasteiger partial charge is 0.398 e. The van der Waals surface area contributed by atoms with Crippen LogP contribution in [0.1, 0.15) is 71.4 Å². The number of nitrogen functional groups attached to an aromatic ring is 1. The highest BCUT2D eigenvalue weighted by atomic mass is 32.7. The number of anilines is 1. The maximum Gasteiger partial charge on any atom is 0.393 e. The van der Waals surface area contributed by atoms with Gasteiger partial charge in [-0.25, -0.2) is 4.57 Å². The number of benzene rings is 1. The zero-order valence-electron chi connectivity index (χ0n) is 16.6. The third-order valence-corrected chi connectivity index (χ3v) is 7.48. The van der Waals surface area contributed by atoms with Gasteiger partial charge in [0, 0.05) is 10.6 Å². The van der Waals surface area contributed by atoms with Crippen molar-refractivity contribution in [2.45, 2.75) is 77.5 Å². The van der Waals surface area contributed by atoms with Crippen LogP contribution in [0.25, 0.3) is 0 Å². The van der Waals surface area contributed by atoms with Crippen molar-refractivity contribution in [1.82, 2.24) is 0 Å². The molecule has 25 heavy (non-hydrogen) atoms. The Bertz CT molecular complexity index is 585. The van der Waals surface area contributed by atoms with Crippen molar-refractivity contribution >= 4 is 23.9 Å². The van der Waals surface area contributed by atoms with Gasteiger partial charge in [0.2, 0.25) is 0 Å². The van der Waals surface area contributed by atoms with Gasteiger partial charge in [-0.15, -0.1) is 0 Å². The monoisotopic (exact) mass is 387 g/mol. The van der Waals surface area contributed by atoms with Crippen LogP contribution < -0.4 is 5.73 Å². The number of unbranched alkanes of at least 4 members (excludes halogenated alkanes) is 2. The Morgan fingerprint density at radius 3 is 2.04 bits per heavy atom. The lowest BCUT2D eigenvalue weighted by molar-refractivity contribution is 0.215. The van der Waals surface area contributed by atoms with Gasteiger partial charge in [-0.3, -0.25) is 0 Å². The van der Waals surface area contributed by atoms with Crippen LogP contribution in [0.15, 0.2) is 17.0 Å². The molecule has 6 heteroatoms. The fourth-order valence-electron chi connectivity index (χ4n) is 2.30. The second-order valence-electron chi connectivity index (χ2n) is 7.36. The van der Waals surface area contributed by atoms with E-state index in [9.17, 15) is 4.57 Å². The van der Waals surface area contributed by atoms with Crippen LogP contribution in [-0.2, 0) is 19.0 Å². The van der Waals surface area contributed by atoms with E-state index in [0.717, 1.165) is 47.4 Å². The van der Waals surface area contributed by atoms with Crippen molar-refractivity contribution in [2.24, 2.45) is 0 Å². The summed E-state index contributed by atoms with van der Waals surface area (Å²) in [6.07, 6.45) is 3.73. The first-order chi connectivity index (χ1) is 11.6. The van der Waals surface area contributed by atoms with E-state index in [-0.39, 0.29) is 5.41 Å². The standard InChI is InChI=1S/C19H34NO3PS/c1-7-9-11-22-24(21,23-12-10-8-2)25-16-13-15(3)18(20)17(14-16)19(4,5)6/h13-14H,7-12,20H2,1-6H3. The smallest absolute Gasteiger partial charge is 0.393 e. The number of nitrogens with two attached hydrogens (primary N) is 1. The molecule has 0 aliphatic heterocycles. The molecule has 1 aromatic carbocycles. The Morgan fingerprint density at radius 1 is 1.08 bits per heavy atom. The quantitative estimate of drug-likeness (QED) is 0.275. The molecule has 0 radical (unpaired) electrons. The summed E-state index contributed by atoms with van der Waals surface area (Å²) in [5, 5.41) is 0. The van der Waals surface area contributed by atoms with Crippen LogP contribution in [-0.4, -0.2) is 13.2 Å². The van der Waals surface area contributed by atoms with E-state index in [4.69, 9.17) is 14.8 Å². The van der Waals surface area contributed by atoms with Crippen LogP contribution in [0.4, 0.5) is 5.69 Å². The van der Waals surface area contributed by atoms with Gasteiger partial charge in [0.25, 0.3) is 0 Å². The first-order valence-corrected chi connectivity index (χ1v) is 12.1. The number of aryl methyl sites for hydroxylation is 1. The van der Waals surface area contributed by atoms with Gasteiger partial charge < -0.3 is 14.8 Å². The second kappa shape index (κ2) is 10.0. The molecular formula is C19H34NO3PS. The molecule has 0 saturated carbocycles. The summed E-state index contributed by atoms with van der Waals surface area (Å²) in [7, 11) is 0. The molecule has 0 saturated heterocycles. The minimum absolute atomic E-state index is 0.0818.